The van der Waals surface area contributed by atoms with Crippen molar-refractivity contribution >= 4 is 12.1 Å². The minimum absolute atomic E-state index is 0.151. The van der Waals surface area contributed by atoms with Crippen LogP contribution in [-0.2, 0) is 14.3 Å². The molecule has 0 aromatic carbocycles. The SMILES string of the molecule is COC(=O)[C@H]1CC[C@@H]1NC(=O)OC(C)(C)C. The minimum Gasteiger partial charge on any atom is -0.469 e. The van der Waals surface area contributed by atoms with E-state index in [4.69, 9.17) is 4.74 Å². The lowest BCUT2D eigenvalue weighted by atomic mass is 9.80. The molecule has 1 fully saturated rings. The molecule has 16 heavy (non-hydrogen) atoms. The van der Waals surface area contributed by atoms with Gasteiger partial charge >= 0.3 is 12.1 Å². The van der Waals surface area contributed by atoms with Crippen LogP contribution in [-0.4, -0.2) is 30.8 Å². The second-order valence-corrected chi connectivity index (χ2v) is 4.96. The lowest BCUT2D eigenvalue weighted by Crippen LogP contribution is -2.51. The van der Waals surface area contributed by atoms with Crippen molar-refractivity contribution in [3.8, 4) is 0 Å². The van der Waals surface area contributed by atoms with Gasteiger partial charge in [-0.2, -0.15) is 0 Å². The van der Waals surface area contributed by atoms with E-state index < -0.39 is 11.7 Å². The third kappa shape index (κ3) is 3.40. The number of ether oxygens (including phenoxy) is 2. The Bertz CT molecular complexity index is 282. The molecule has 0 heterocycles. The Labute approximate surface area is 95.5 Å². The fourth-order valence-electron chi connectivity index (χ4n) is 1.57. The van der Waals surface area contributed by atoms with Crippen molar-refractivity contribution in [2.75, 3.05) is 7.11 Å². The number of alkyl carbamates (subject to hydrolysis) is 1. The van der Waals surface area contributed by atoms with E-state index in [9.17, 15) is 9.59 Å². The van der Waals surface area contributed by atoms with Crippen molar-refractivity contribution < 1.29 is 19.1 Å². The average Bonchev–Trinajstić information content (AvgIpc) is 2.09. The Morgan fingerprint density at radius 1 is 1.25 bits per heavy atom. The molecular formula is C11H19NO4. The largest absolute Gasteiger partial charge is 0.469 e. The Hall–Kier alpha value is -1.26. The van der Waals surface area contributed by atoms with Gasteiger partial charge < -0.3 is 14.8 Å². The molecule has 1 amide bonds. The third-order valence-electron chi connectivity index (χ3n) is 2.48. The molecule has 5 heteroatoms. The van der Waals surface area contributed by atoms with Crippen LogP contribution >= 0.6 is 0 Å². The van der Waals surface area contributed by atoms with Crippen LogP contribution in [0.3, 0.4) is 0 Å². The van der Waals surface area contributed by atoms with Crippen LogP contribution in [0.25, 0.3) is 0 Å². The molecule has 0 saturated heterocycles. The van der Waals surface area contributed by atoms with Gasteiger partial charge in [-0.05, 0) is 33.6 Å². The van der Waals surface area contributed by atoms with E-state index in [1.54, 1.807) is 20.8 Å². The number of methoxy groups -OCH3 is 1. The molecule has 0 unspecified atom stereocenters. The summed E-state index contributed by atoms with van der Waals surface area (Å²) in [5, 5.41) is 2.68. The molecule has 0 radical (unpaired) electrons. The number of rotatable bonds is 2. The first-order valence-electron chi connectivity index (χ1n) is 5.41. The van der Waals surface area contributed by atoms with Crippen LogP contribution in [0, 0.1) is 5.92 Å². The summed E-state index contributed by atoms with van der Waals surface area (Å²) < 4.78 is 9.74. The zero-order chi connectivity index (χ0) is 12.3. The maximum atomic E-state index is 11.4. The van der Waals surface area contributed by atoms with E-state index in [2.05, 4.69) is 10.1 Å². The van der Waals surface area contributed by atoms with E-state index in [0.29, 0.717) is 0 Å². The van der Waals surface area contributed by atoms with Crippen molar-refractivity contribution in [1.29, 1.82) is 0 Å². The highest BCUT2D eigenvalue weighted by Gasteiger charge is 2.39. The molecule has 0 aromatic rings. The van der Waals surface area contributed by atoms with Crippen LogP contribution < -0.4 is 5.32 Å². The smallest absolute Gasteiger partial charge is 0.407 e. The molecule has 1 aliphatic rings. The van der Waals surface area contributed by atoms with Gasteiger partial charge in [0.1, 0.15) is 5.60 Å². The molecule has 0 bridgehead atoms. The van der Waals surface area contributed by atoms with Crippen molar-refractivity contribution in [3.63, 3.8) is 0 Å². The van der Waals surface area contributed by atoms with Crippen LogP contribution in [0.2, 0.25) is 0 Å². The quantitative estimate of drug-likeness (QED) is 0.728. The molecule has 0 aromatic heterocycles. The van der Waals surface area contributed by atoms with Gasteiger partial charge in [0.2, 0.25) is 0 Å². The number of carbonyl (C=O) groups is 2. The predicted molar refractivity (Wildman–Crippen MR) is 57.9 cm³/mol. The molecule has 1 rings (SSSR count). The lowest BCUT2D eigenvalue weighted by Gasteiger charge is -2.35. The highest BCUT2D eigenvalue weighted by atomic mass is 16.6. The van der Waals surface area contributed by atoms with Crippen molar-refractivity contribution in [2.45, 2.75) is 45.3 Å². The summed E-state index contributed by atoms with van der Waals surface area (Å²) in [6.45, 7) is 5.39. The maximum Gasteiger partial charge on any atom is 0.407 e. The van der Waals surface area contributed by atoms with Gasteiger partial charge in [-0.1, -0.05) is 0 Å². The van der Waals surface area contributed by atoms with Gasteiger partial charge in [0, 0.05) is 6.04 Å². The second kappa shape index (κ2) is 4.72. The Morgan fingerprint density at radius 2 is 1.88 bits per heavy atom. The van der Waals surface area contributed by atoms with Gasteiger partial charge in [0.05, 0.1) is 13.0 Å². The zero-order valence-electron chi connectivity index (χ0n) is 10.2. The molecular weight excluding hydrogens is 210 g/mol. The molecule has 5 nitrogen and oxygen atoms in total. The maximum absolute atomic E-state index is 11.4. The number of hydrogen-bond acceptors (Lipinski definition) is 4. The summed E-state index contributed by atoms with van der Waals surface area (Å²) in [4.78, 5) is 22.7. The summed E-state index contributed by atoms with van der Waals surface area (Å²) in [6.07, 6.45) is 1.07. The fourth-order valence-corrected chi connectivity index (χ4v) is 1.57. The molecule has 0 spiro atoms. The summed E-state index contributed by atoms with van der Waals surface area (Å²) in [6, 6.07) is -0.151. The van der Waals surface area contributed by atoms with Gasteiger partial charge in [0.15, 0.2) is 0 Å². The van der Waals surface area contributed by atoms with Crippen molar-refractivity contribution in [2.24, 2.45) is 5.92 Å². The minimum atomic E-state index is -0.519. The van der Waals surface area contributed by atoms with E-state index in [0.717, 1.165) is 12.8 Å². The summed E-state index contributed by atoms with van der Waals surface area (Å²) in [5.41, 5.74) is -0.519. The molecule has 92 valence electrons. The number of carbonyl (C=O) groups excluding carboxylic acids is 2. The van der Waals surface area contributed by atoms with Gasteiger partial charge in [-0.15, -0.1) is 0 Å². The zero-order valence-corrected chi connectivity index (χ0v) is 10.2. The monoisotopic (exact) mass is 229 g/mol. The van der Waals surface area contributed by atoms with Crippen LogP contribution in [0.1, 0.15) is 33.6 Å². The van der Waals surface area contributed by atoms with E-state index in [1.807, 2.05) is 0 Å². The van der Waals surface area contributed by atoms with E-state index in [1.165, 1.54) is 7.11 Å². The number of amides is 1. The highest BCUT2D eigenvalue weighted by molar-refractivity contribution is 5.76. The molecule has 1 N–H and O–H groups in total. The van der Waals surface area contributed by atoms with Crippen LogP contribution in [0.5, 0.6) is 0 Å². The highest BCUT2D eigenvalue weighted by Crippen LogP contribution is 2.28. The van der Waals surface area contributed by atoms with Gasteiger partial charge in [-0.25, -0.2) is 4.79 Å². The number of hydrogen-bond donors (Lipinski definition) is 1. The number of esters is 1. The second-order valence-electron chi connectivity index (χ2n) is 4.96. The summed E-state index contributed by atoms with van der Waals surface area (Å²) in [5.74, 6) is -0.496. The van der Waals surface area contributed by atoms with Crippen molar-refractivity contribution in [3.05, 3.63) is 0 Å². The summed E-state index contributed by atoms with van der Waals surface area (Å²) >= 11 is 0. The Morgan fingerprint density at radius 3 is 2.25 bits per heavy atom. The average molecular weight is 229 g/mol. The Balaban J connectivity index is 2.38. The molecule has 1 saturated carbocycles. The first-order chi connectivity index (χ1) is 7.33. The first-order valence-corrected chi connectivity index (χ1v) is 5.41. The van der Waals surface area contributed by atoms with Crippen LogP contribution in [0.4, 0.5) is 4.79 Å². The predicted octanol–water partition coefficient (Wildman–Crippen LogP) is 1.46. The van der Waals surface area contributed by atoms with E-state index >= 15 is 0 Å². The molecule has 0 aliphatic heterocycles. The fraction of sp³-hybridized carbons (Fsp3) is 0.818. The van der Waals surface area contributed by atoms with Crippen LogP contribution in [0.15, 0.2) is 0 Å². The van der Waals surface area contributed by atoms with Gasteiger partial charge in [0.25, 0.3) is 0 Å². The lowest BCUT2D eigenvalue weighted by molar-refractivity contribution is -0.149. The first kappa shape index (κ1) is 12.8. The number of nitrogens with one attached hydrogen (secondary N) is 1. The normalized spacial score (nSPS) is 24.2. The van der Waals surface area contributed by atoms with E-state index in [-0.39, 0.29) is 17.9 Å². The molecule has 1 aliphatic carbocycles. The topological polar surface area (TPSA) is 64.6 Å². The standard InChI is InChI=1S/C11H19NO4/c1-11(2,3)16-10(14)12-8-6-5-7(8)9(13)15-4/h7-8H,5-6H2,1-4H3,(H,12,14)/t7-,8-/m0/s1. The Kier molecular flexibility index (Phi) is 3.78. The molecule has 2 atom stereocenters. The van der Waals surface area contributed by atoms with Crippen molar-refractivity contribution in [1.82, 2.24) is 5.32 Å². The summed E-state index contributed by atoms with van der Waals surface area (Å²) in [7, 11) is 1.35. The van der Waals surface area contributed by atoms with Gasteiger partial charge in [-0.3, -0.25) is 4.79 Å². The third-order valence-corrected chi connectivity index (χ3v) is 2.48.